The molecule has 0 unspecified atom stereocenters. The van der Waals surface area contributed by atoms with Gasteiger partial charge in [0.25, 0.3) is 0 Å². The molecule has 1 aliphatic carbocycles. The smallest absolute Gasteiger partial charge is 0.0454 e. The summed E-state index contributed by atoms with van der Waals surface area (Å²) in [5, 5.41) is 5.03. The van der Waals surface area contributed by atoms with Gasteiger partial charge in [-0.25, -0.2) is 0 Å². The summed E-state index contributed by atoms with van der Waals surface area (Å²) in [4.78, 5) is 0. The van der Waals surface area contributed by atoms with Crippen LogP contribution in [0, 0.1) is 0 Å². The van der Waals surface area contributed by atoms with E-state index >= 15 is 0 Å². The Balaban J connectivity index is 2.15. The minimum absolute atomic E-state index is 0.286. The molecule has 1 aliphatic rings. The largest absolute Gasteiger partial charge is 0.307 e. The first kappa shape index (κ1) is 10.3. The summed E-state index contributed by atoms with van der Waals surface area (Å²) < 4.78 is 0. The fourth-order valence-corrected chi connectivity index (χ4v) is 2.00. The van der Waals surface area contributed by atoms with Crippen molar-refractivity contribution in [3.05, 3.63) is 33.8 Å². The maximum atomic E-state index is 6.10. The van der Waals surface area contributed by atoms with Crippen molar-refractivity contribution in [2.24, 2.45) is 0 Å². The van der Waals surface area contributed by atoms with E-state index in [0.717, 1.165) is 15.6 Å². The lowest BCUT2D eigenvalue weighted by Gasteiger charge is -2.15. The van der Waals surface area contributed by atoms with E-state index in [2.05, 4.69) is 12.2 Å². The minimum atomic E-state index is 0.286. The Labute approximate surface area is 94.4 Å². The maximum Gasteiger partial charge on any atom is 0.0454 e. The molecular formula is C11H13Cl2N. The van der Waals surface area contributed by atoms with Gasteiger partial charge in [-0.2, -0.15) is 0 Å². The summed E-state index contributed by atoms with van der Waals surface area (Å²) >= 11 is 12.0. The minimum Gasteiger partial charge on any atom is -0.307 e. The third kappa shape index (κ3) is 2.41. The van der Waals surface area contributed by atoms with Crippen LogP contribution in [0.4, 0.5) is 0 Å². The molecule has 0 aromatic heterocycles. The summed E-state index contributed by atoms with van der Waals surface area (Å²) in [5.41, 5.74) is 1.09. The average Bonchev–Trinajstić information content (AvgIpc) is 2.93. The zero-order chi connectivity index (χ0) is 10.1. The summed E-state index contributed by atoms with van der Waals surface area (Å²) in [6, 6.07) is 6.57. The molecule has 0 aliphatic heterocycles. The highest BCUT2D eigenvalue weighted by atomic mass is 35.5. The molecule has 0 heterocycles. The second-order valence-corrected chi connectivity index (χ2v) is 4.67. The van der Waals surface area contributed by atoms with E-state index in [1.165, 1.54) is 12.8 Å². The number of hydrogen-bond acceptors (Lipinski definition) is 1. The lowest BCUT2D eigenvalue weighted by molar-refractivity contribution is 0.571. The van der Waals surface area contributed by atoms with Gasteiger partial charge in [-0.3, -0.25) is 0 Å². The molecule has 2 rings (SSSR count). The second kappa shape index (κ2) is 4.09. The molecule has 3 heteroatoms. The van der Waals surface area contributed by atoms with Crippen molar-refractivity contribution < 1.29 is 0 Å². The third-order valence-electron chi connectivity index (χ3n) is 2.49. The van der Waals surface area contributed by atoms with Crippen LogP contribution in [0.3, 0.4) is 0 Å². The predicted octanol–water partition coefficient (Wildman–Crippen LogP) is 3.81. The molecule has 76 valence electrons. The number of halogens is 2. The van der Waals surface area contributed by atoms with Gasteiger partial charge < -0.3 is 5.32 Å². The number of hydrogen-bond donors (Lipinski definition) is 1. The number of nitrogens with one attached hydrogen (secondary N) is 1. The molecular weight excluding hydrogens is 217 g/mol. The highest BCUT2D eigenvalue weighted by Gasteiger charge is 2.24. The molecule has 1 atom stereocenters. The van der Waals surface area contributed by atoms with Gasteiger partial charge in [0.05, 0.1) is 0 Å². The zero-order valence-corrected chi connectivity index (χ0v) is 9.57. The Morgan fingerprint density at radius 1 is 1.36 bits per heavy atom. The molecule has 14 heavy (non-hydrogen) atoms. The topological polar surface area (TPSA) is 12.0 Å². The van der Waals surface area contributed by atoms with Gasteiger partial charge in [0.1, 0.15) is 0 Å². The van der Waals surface area contributed by atoms with E-state index in [4.69, 9.17) is 23.2 Å². The van der Waals surface area contributed by atoms with Crippen LogP contribution < -0.4 is 5.32 Å². The van der Waals surface area contributed by atoms with E-state index < -0.39 is 0 Å². The summed E-state index contributed by atoms with van der Waals surface area (Å²) in [7, 11) is 0. The van der Waals surface area contributed by atoms with Crippen LogP contribution in [-0.4, -0.2) is 6.04 Å². The highest BCUT2D eigenvalue weighted by molar-refractivity contribution is 6.33. The average molecular weight is 230 g/mol. The molecule has 1 saturated carbocycles. The highest BCUT2D eigenvalue weighted by Crippen LogP contribution is 2.29. The monoisotopic (exact) mass is 229 g/mol. The molecule has 0 saturated heterocycles. The molecule has 0 spiro atoms. The van der Waals surface area contributed by atoms with E-state index in [1.807, 2.05) is 18.2 Å². The molecule has 1 aromatic carbocycles. The van der Waals surface area contributed by atoms with Crippen LogP contribution in [0.1, 0.15) is 31.4 Å². The first-order valence-corrected chi connectivity index (χ1v) is 5.63. The summed E-state index contributed by atoms with van der Waals surface area (Å²) in [6.07, 6.45) is 2.56. The van der Waals surface area contributed by atoms with Crippen LogP contribution in [-0.2, 0) is 0 Å². The van der Waals surface area contributed by atoms with Crippen molar-refractivity contribution in [3.63, 3.8) is 0 Å². The number of rotatable bonds is 3. The fourth-order valence-electron chi connectivity index (χ4n) is 1.54. The van der Waals surface area contributed by atoms with E-state index in [-0.39, 0.29) is 6.04 Å². The van der Waals surface area contributed by atoms with Crippen molar-refractivity contribution >= 4 is 23.2 Å². The Morgan fingerprint density at radius 2 is 2.07 bits per heavy atom. The first-order valence-electron chi connectivity index (χ1n) is 4.88. The van der Waals surface area contributed by atoms with E-state index in [0.29, 0.717) is 6.04 Å². The van der Waals surface area contributed by atoms with Gasteiger partial charge in [-0.15, -0.1) is 0 Å². The molecule has 1 fully saturated rings. The summed E-state index contributed by atoms with van der Waals surface area (Å²) in [6.45, 7) is 2.12. The van der Waals surface area contributed by atoms with Gasteiger partial charge in [-0.1, -0.05) is 23.2 Å². The van der Waals surface area contributed by atoms with Crippen LogP contribution in [0.5, 0.6) is 0 Å². The van der Waals surface area contributed by atoms with Gasteiger partial charge >= 0.3 is 0 Å². The van der Waals surface area contributed by atoms with Gasteiger partial charge in [0, 0.05) is 22.1 Å². The van der Waals surface area contributed by atoms with E-state index in [1.54, 1.807) is 0 Å². The predicted molar refractivity (Wildman–Crippen MR) is 61.0 cm³/mol. The standard InChI is InChI=1S/C11H13Cl2N/c1-7(14-9-3-4-9)10-6-8(12)2-5-11(10)13/h2,5-7,9,14H,3-4H2,1H3/t7-/m0/s1. The van der Waals surface area contributed by atoms with Crippen LogP contribution in [0.25, 0.3) is 0 Å². The summed E-state index contributed by atoms with van der Waals surface area (Å²) in [5.74, 6) is 0. The molecule has 1 N–H and O–H groups in total. The van der Waals surface area contributed by atoms with Crippen molar-refractivity contribution in [1.82, 2.24) is 5.32 Å². The van der Waals surface area contributed by atoms with Crippen molar-refractivity contribution in [2.45, 2.75) is 31.8 Å². The van der Waals surface area contributed by atoms with Gasteiger partial charge in [0.2, 0.25) is 0 Å². The quantitative estimate of drug-likeness (QED) is 0.832. The lowest BCUT2D eigenvalue weighted by atomic mass is 10.1. The van der Waals surface area contributed by atoms with Gasteiger partial charge in [-0.05, 0) is 43.5 Å². The molecule has 0 amide bonds. The fraction of sp³-hybridized carbons (Fsp3) is 0.455. The van der Waals surface area contributed by atoms with Crippen LogP contribution in [0.15, 0.2) is 18.2 Å². The van der Waals surface area contributed by atoms with Gasteiger partial charge in [0.15, 0.2) is 0 Å². The maximum absolute atomic E-state index is 6.10. The van der Waals surface area contributed by atoms with Crippen LogP contribution in [0.2, 0.25) is 10.0 Å². The lowest BCUT2D eigenvalue weighted by Crippen LogP contribution is -2.20. The van der Waals surface area contributed by atoms with Crippen molar-refractivity contribution in [1.29, 1.82) is 0 Å². The van der Waals surface area contributed by atoms with Crippen molar-refractivity contribution in [3.8, 4) is 0 Å². The first-order chi connectivity index (χ1) is 6.66. The molecule has 0 bridgehead atoms. The third-order valence-corrected chi connectivity index (χ3v) is 3.07. The molecule has 0 radical (unpaired) electrons. The second-order valence-electron chi connectivity index (χ2n) is 3.83. The Kier molecular flexibility index (Phi) is 3.01. The van der Waals surface area contributed by atoms with Crippen LogP contribution >= 0.6 is 23.2 Å². The SMILES string of the molecule is C[C@H](NC1CC1)c1cc(Cl)ccc1Cl. The Hall–Kier alpha value is -0.240. The van der Waals surface area contributed by atoms with Crippen molar-refractivity contribution in [2.75, 3.05) is 0 Å². The normalized spacial score (nSPS) is 18.2. The zero-order valence-electron chi connectivity index (χ0n) is 8.06. The molecule has 1 aromatic rings. The number of benzene rings is 1. The van der Waals surface area contributed by atoms with E-state index in [9.17, 15) is 0 Å². The Bertz CT molecular complexity index is 334. The molecule has 1 nitrogen and oxygen atoms in total. The Morgan fingerprint density at radius 3 is 2.71 bits per heavy atom.